The fourth-order valence-corrected chi connectivity index (χ4v) is 4.20. The second-order valence-electron chi connectivity index (χ2n) is 7.88. The second-order valence-corrected chi connectivity index (χ2v) is 7.88. The predicted molar refractivity (Wildman–Crippen MR) is 119 cm³/mol. The predicted octanol–water partition coefficient (Wildman–Crippen LogP) is 4.63. The SMILES string of the molecule is COc1ccccc1Cc1cccc([C@@H]2CCCN(C(=O)Cc3ccccc3)C2)n1. The number of hydrogen-bond acceptors (Lipinski definition) is 3. The highest BCUT2D eigenvalue weighted by Crippen LogP contribution is 2.27. The summed E-state index contributed by atoms with van der Waals surface area (Å²) >= 11 is 0. The summed E-state index contributed by atoms with van der Waals surface area (Å²) in [6, 6.07) is 24.3. The highest BCUT2D eigenvalue weighted by molar-refractivity contribution is 5.79. The smallest absolute Gasteiger partial charge is 0.227 e. The van der Waals surface area contributed by atoms with Gasteiger partial charge >= 0.3 is 0 Å². The summed E-state index contributed by atoms with van der Waals surface area (Å²) in [4.78, 5) is 19.8. The normalized spacial score (nSPS) is 16.3. The van der Waals surface area contributed by atoms with Gasteiger partial charge in [-0.3, -0.25) is 9.78 Å². The van der Waals surface area contributed by atoms with E-state index in [0.717, 1.165) is 60.6 Å². The lowest BCUT2D eigenvalue weighted by Crippen LogP contribution is -2.40. The van der Waals surface area contributed by atoms with Crippen molar-refractivity contribution in [3.63, 3.8) is 0 Å². The zero-order chi connectivity index (χ0) is 20.8. The molecule has 1 aliphatic heterocycles. The van der Waals surface area contributed by atoms with Crippen molar-refractivity contribution in [2.45, 2.75) is 31.6 Å². The average molecular weight is 401 g/mol. The summed E-state index contributed by atoms with van der Waals surface area (Å²) in [5.41, 5.74) is 4.32. The molecule has 1 amide bonds. The number of benzene rings is 2. The first-order chi connectivity index (χ1) is 14.7. The minimum Gasteiger partial charge on any atom is -0.496 e. The van der Waals surface area contributed by atoms with Gasteiger partial charge in [0, 0.05) is 42.4 Å². The molecule has 30 heavy (non-hydrogen) atoms. The first-order valence-corrected chi connectivity index (χ1v) is 10.6. The largest absolute Gasteiger partial charge is 0.496 e. The van der Waals surface area contributed by atoms with E-state index < -0.39 is 0 Å². The summed E-state index contributed by atoms with van der Waals surface area (Å²) in [5.74, 6) is 1.38. The van der Waals surface area contributed by atoms with Gasteiger partial charge in [-0.05, 0) is 36.6 Å². The van der Waals surface area contributed by atoms with Gasteiger partial charge < -0.3 is 9.64 Å². The summed E-state index contributed by atoms with van der Waals surface area (Å²) in [6.45, 7) is 1.58. The monoisotopic (exact) mass is 400 g/mol. The van der Waals surface area contributed by atoms with Crippen LogP contribution in [0.1, 0.15) is 41.3 Å². The first-order valence-electron chi connectivity index (χ1n) is 10.6. The van der Waals surface area contributed by atoms with E-state index in [1.165, 1.54) is 0 Å². The zero-order valence-electron chi connectivity index (χ0n) is 17.5. The number of hydrogen-bond donors (Lipinski definition) is 0. The van der Waals surface area contributed by atoms with Crippen LogP contribution in [-0.2, 0) is 17.6 Å². The summed E-state index contributed by atoms with van der Waals surface area (Å²) in [7, 11) is 1.70. The number of rotatable bonds is 6. The van der Waals surface area contributed by atoms with E-state index in [4.69, 9.17) is 9.72 Å². The molecule has 0 unspecified atom stereocenters. The minimum atomic E-state index is 0.205. The zero-order valence-corrected chi connectivity index (χ0v) is 17.5. The van der Waals surface area contributed by atoms with Crippen molar-refractivity contribution in [2.75, 3.05) is 20.2 Å². The highest BCUT2D eigenvalue weighted by atomic mass is 16.5. The Morgan fingerprint density at radius 1 is 1.03 bits per heavy atom. The molecule has 0 radical (unpaired) electrons. The maximum atomic E-state index is 12.8. The molecule has 2 heterocycles. The fourth-order valence-electron chi connectivity index (χ4n) is 4.20. The van der Waals surface area contributed by atoms with E-state index >= 15 is 0 Å². The molecule has 0 saturated carbocycles. The Morgan fingerprint density at radius 3 is 2.67 bits per heavy atom. The van der Waals surface area contributed by atoms with E-state index in [2.05, 4.69) is 24.3 Å². The standard InChI is InChI=1S/C26H28N2O2/c1-30-25-15-6-5-11-21(25)18-23-13-7-14-24(27-23)22-12-8-16-28(19-22)26(29)17-20-9-3-2-4-10-20/h2-7,9-11,13-15,22H,8,12,16-19H2,1H3/t22-/m1/s1. The molecule has 2 aromatic carbocycles. The number of likely N-dealkylation sites (tertiary alicyclic amines) is 1. The van der Waals surface area contributed by atoms with E-state index in [0.29, 0.717) is 6.42 Å². The second kappa shape index (κ2) is 9.57. The quantitative estimate of drug-likeness (QED) is 0.606. The van der Waals surface area contributed by atoms with Gasteiger partial charge in [0.2, 0.25) is 5.91 Å². The Morgan fingerprint density at radius 2 is 1.83 bits per heavy atom. The van der Waals surface area contributed by atoms with Crippen LogP contribution in [0.15, 0.2) is 72.8 Å². The third kappa shape index (κ3) is 4.88. The third-order valence-electron chi connectivity index (χ3n) is 5.78. The average Bonchev–Trinajstić information content (AvgIpc) is 2.80. The molecule has 0 bridgehead atoms. The number of carbonyl (C=O) groups excluding carboxylic acids is 1. The van der Waals surface area contributed by atoms with Gasteiger partial charge in [-0.1, -0.05) is 54.6 Å². The Labute approximate surface area is 178 Å². The number of para-hydroxylation sites is 1. The van der Waals surface area contributed by atoms with Crippen LogP contribution in [0, 0.1) is 0 Å². The maximum absolute atomic E-state index is 12.8. The number of nitrogens with zero attached hydrogens (tertiary/aromatic N) is 2. The Hall–Kier alpha value is -3.14. The van der Waals surface area contributed by atoms with Crippen LogP contribution >= 0.6 is 0 Å². The van der Waals surface area contributed by atoms with E-state index in [9.17, 15) is 4.79 Å². The number of carbonyl (C=O) groups is 1. The van der Waals surface area contributed by atoms with Crippen molar-refractivity contribution in [1.29, 1.82) is 0 Å². The molecule has 154 valence electrons. The van der Waals surface area contributed by atoms with Crippen molar-refractivity contribution < 1.29 is 9.53 Å². The number of amides is 1. The Kier molecular flexibility index (Phi) is 6.43. The van der Waals surface area contributed by atoms with Crippen LogP contribution in [0.25, 0.3) is 0 Å². The first kappa shape index (κ1) is 20.1. The molecule has 4 nitrogen and oxygen atoms in total. The van der Waals surface area contributed by atoms with Crippen LogP contribution in [0.2, 0.25) is 0 Å². The molecule has 4 heteroatoms. The molecule has 0 aliphatic carbocycles. The molecule has 1 aliphatic rings. The molecule has 0 N–H and O–H groups in total. The molecule has 3 aromatic rings. The van der Waals surface area contributed by atoms with Crippen LogP contribution in [0.5, 0.6) is 5.75 Å². The van der Waals surface area contributed by atoms with Crippen LogP contribution in [0.4, 0.5) is 0 Å². The van der Waals surface area contributed by atoms with Crippen molar-refractivity contribution in [2.24, 2.45) is 0 Å². The lowest BCUT2D eigenvalue weighted by Gasteiger charge is -2.32. The van der Waals surface area contributed by atoms with Gasteiger partial charge in [0.25, 0.3) is 0 Å². The molecule has 0 spiro atoms. The Bertz CT molecular complexity index is 987. The highest BCUT2D eigenvalue weighted by Gasteiger charge is 2.25. The van der Waals surface area contributed by atoms with Gasteiger partial charge in [-0.15, -0.1) is 0 Å². The summed E-state index contributed by atoms with van der Waals surface area (Å²) < 4.78 is 5.48. The van der Waals surface area contributed by atoms with Crippen molar-refractivity contribution in [3.05, 3.63) is 95.3 Å². The topological polar surface area (TPSA) is 42.4 Å². The summed E-state index contributed by atoms with van der Waals surface area (Å²) in [6.07, 6.45) is 3.29. The summed E-state index contributed by atoms with van der Waals surface area (Å²) in [5, 5.41) is 0. The minimum absolute atomic E-state index is 0.205. The lowest BCUT2D eigenvalue weighted by molar-refractivity contribution is -0.131. The molecule has 1 fully saturated rings. The van der Waals surface area contributed by atoms with Crippen LogP contribution in [-0.4, -0.2) is 36.0 Å². The van der Waals surface area contributed by atoms with Gasteiger partial charge in [-0.25, -0.2) is 0 Å². The molecular formula is C26H28N2O2. The van der Waals surface area contributed by atoms with Gasteiger partial charge in [-0.2, -0.15) is 0 Å². The maximum Gasteiger partial charge on any atom is 0.227 e. The van der Waals surface area contributed by atoms with Crippen LogP contribution < -0.4 is 4.74 Å². The van der Waals surface area contributed by atoms with E-state index in [1.54, 1.807) is 7.11 Å². The number of piperidine rings is 1. The van der Waals surface area contributed by atoms with Crippen molar-refractivity contribution in [1.82, 2.24) is 9.88 Å². The third-order valence-corrected chi connectivity index (χ3v) is 5.78. The number of methoxy groups -OCH3 is 1. The fraction of sp³-hybridized carbons (Fsp3) is 0.308. The number of ether oxygens (including phenoxy) is 1. The molecule has 1 saturated heterocycles. The van der Waals surface area contributed by atoms with E-state index in [1.807, 2.05) is 53.4 Å². The Balaban J connectivity index is 1.44. The van der Waals surface area contributed by atoms with Gasteiger partial charge in [0.05, 0.1) is 13.5 Å². The molecular weight excluding hydrogens is 372 g/mol. The lowest BCUT2D eigenvalue weighted by atomic mass is 9.93. The molecule has 1 aromatic heterocycles. The van der Waals surface area contributed by atoms with Crippen molar-refractivity contribution in [3.8, 4) is 5.75 Å². The van der Waals surface area contributed by atoms with Gasteiger partial charge in [0.1, 0.15) is 5.75 Å². The number of aromatic nitrogens is 1. The van der Waals surface area contributed by atoms with Crippen LogP contribution in [0.3, 0.4) is 0 Å². The molecule has 1 atom stereocenters. The van der Waals surface area contributed by atoms with Crippen molar-refractivity contribution >= 4 is 5.91 Å². The van der Waals surface area contributed by atoms with Gasteiger partial charge in [0.15, 0.2) is 0 Å². The number of pyridine rings is 1. The van der Waals surface area contributed by atoms with E-state index in [-0.39, 0.29) is 11.8 Å². The molecule has 4 rings (SSSR count).